The Balaban J connectivity index is 2.00. The van der Waals surface area contributed by atoms with Crippen molar-refractivity contribution in [3.63, 3.8) is 0 Å². The van der Waals surface area contributed by atoms with Crippen LogP contribution in [0.15, 0.2) is 0 Å². The lowest BCUT2D eigenvalue weighted by atomic mass is 10.1. The van der Waals surface area contributed by atoms with Crippen LogP contribution in [0.1, 0.15) is 26.2 Å². The number of sulfone groups is 1. The van der Waals surface area contributed by atoms with Crippen LogP contribution in [0.2, 0.25) is 0 Å². The summed E-state index contributed by atoms with van der Waals surface area (Å²) in [4.78, 5) is 2.19. The first kappa shape index (κ1) is 14.6. The molecular weight excluding hydrogens is 268 g/mol. The molecule has 0 radical (unpaired) electrons. The average Bonchev–Trinajstić information content (AvgIpc) is 2.75. The first-order valence-corrected chi connectivity index (χ1v) is 9.69. The third kappa shape index (κ3) is 3.40. The van der Waals surface area contributed by atoms with Gasteiger partial charge in [-0.15, -0.1) is 0 Å². The fraction of sp³-hybridized carbons (Fsp3) is 1.00. The van der Waals surface area contributed by atoms with Crippen LogP contribution in [-0.4, -0.2) is 55.1 Å². The van der Waals surface area contributed by atoms with E-state index in [1.54, 1.807) is 18.7 Å². The van der Waals surface area contributed by atoms with E-state index in [4.69, 9.17) is 5.73 Å². The van der Waals surface area contributed by atoms with E-state index in [0.29, 0.717) is 12.0 Å². The van der Waals surface area contributed by atoms with E-state index in [1.165, 1.54) is 0 Å². The molecule has 6 heteroatoms. The van der Waals surface area contributed by atoms with Crippen molar-refractivity contribution < 1.29 is 8.42 Å². The second kappa shape index (κ2) is 6.11. The molecule has 0 aromatic heterocycles. The highest BCUT2D eigenvalue weighted by molar-refractivity contribution is 8.01. The summed E-state index contributed by atoms with van der Waals surface area (Å²) in [6, 6.07) is 0.329. The van der Waals surface area contributed by atoms with Gasteiger partial charge in [0.25, 0.3) is 0 Å². The Labute approximate surface area is 115 Å². The van der Waals surface area contributed by atoms with Gasteiger partial charge in [-0.25, -0.2) is 8.42 Å². The van der Waals surface area contributed by atoms with Crippen LogP contribution < -0.4 is 5.73 Å². The van der Waals surface area contributed by atoms with E-state index in [9.17, 15) is 8.42 Å². The molecule has 0 amide bonds. The number of nitrogens with two attached hydrogens (primary N) is 1. The van der Waals surface area contributed by atoms with Crippen molar-refractivity contribution in [2.75, 3.05) is 30.3 Å². The molecule has 2 rings (SSSR count). The van der Waals surface area contributed by atoms with Gasteiger partial charge in [0.2, 0.25) is 0 Å². The highest BCUT2D eigenvalue weighted by atomic mass is 32.2. The van der Waals surface area contributed by atoms with Crippen LogP contribution in [0.3, 0.4) is 0 Å². The van der Waals surface area contributed by atoms with Crippen LogP contribution in [0.4, 0.5) is 0 Å². The SMILES string of the molecule is CCS(=O)(=O)C1CSCCN1CC1CCC(N)C1. The van der Waals surface area contributed by atoms with Crippen molar-refractivity contribution in [2.24, 2.45) is 11.7 Å². The zero-order valence-corrected chi connectivity index (χ0v) is 12.7. The molecule has 4 nitrogen and oxygen atoms in total. The second-order valence-corrected chi connectivity index (χ2v) is 9.01. The molecule has 1 aliphatic heterocycles. The van der Waals surface area contributed by atoms with Crippen LogP contribution in [0.25, 0.3) is 0 Å². The van der Waals surface area contributed by atoms with Gasteiger partial charge in [0.1, 0.15) is 5.37 Å². The highest BCUT2D eigenvalue weighted by Crippen LogP contribution is 2.28. The quantitative estimate of drug-likeness (QED) is 0.835. The van der Waals surface area contributed by atoms with E-state index in [0.717, 1.165) is 43.9 Å². The van der Waals surface area contributed by atoms with E-state index < -0.39 is 9.84 Å². The molecule has 1 heterocycles. The average molecular weight is 292 g/mol. The van der Waals surface area contributed by atoms with Gasteiger partial charge in [-0.3, -0.25) is 4.90 Å². The van der Waals surface area contributed by atoms with Crippen molar-refractivity contribution in [1.29, 1.82) is 0 Å². The smallest absolute Gasteiger partial charge is 0.166 e. The topological polar surface area (TPSA) is 63.4 Å². The van der Waals surface area contributed by atoms with Gasteiger partial charge in [0.15, 0.2) is 9.84 Å². The minimum Gasteiger partial charge on any atom is -0.328 e. The third-order valence-corrected chi connectivity index (χ3v) is 7.41. The molecule has 2 aliphatic rings. The number of thioether (sulfide) groups is 1. The molecule has 3 unspecified atom stereocenters. The molecule has 0 aromatic rings. The lowest BCUT2D eigenvalue weighted by molar-refractivity contribution is 0.227. The first-order valence-electron chi connectivity index (χ1n) is 6.82. The number of hydrogen-bond acceptors (Lipinski definition) is 5. The Morgan fingerprint density at radius 3 is 2.78 bits per heavy atom. The zero-order chi connectivity index (χ0) is 13.2. The lowest BCUT2D eigenvalue weighted by Crippen LogP contribution is -2.49. The summed E-state index contributed by atoms with van der Waals surface area (Å²) in [6.45, 7) is 3.57. The van der Waals surface area contributed by atoms with Crippen molar-refractivity contribution in [3.8, 4) is 0 Å². The fourth-order valence-electron chi connectivity index (χ4n) is 2.96. The van der Waals surface area contributed by atoms with Crippen molar-refractivity contribution >= 4 is 21.6 Å². The molecule has 1 saturated carbocycles. The third-order valence-electron chi connectivity index (χ3n) is 4.08. The van der Waals surface area contributed by atoms with Gasteiger partial charge < -0.3 is 5.73 Å². The van der Waals surface area contributed by atoms with Gasteiger partial charge in [0.05, 0.1) is 0 Å². The number of hydrogen-bond donors (Lipinski definition) is 1. The zero-order valence-electron chi connectivity index (χ0n) is 11.0. The summed E-state index contributed by atoms with van der Waals surface area (Å²) in [5.74, 6) is 2.63. The van der Waals surface area contributed by atoms with Crippen LogP contribution in [0.5, 0.6) is 0 Å². The Morgan fingerprint density at radius 2 is 2.17 bits per heavy atom. The predicted octanol–water partition coefficient (Wildman–Crippen LogP) is 0.923. The molecule has 1 aliphatic carbocycles. The molecule has 2 fully saturated rings. The first-order chi connectivity index (χ1) is 8.53. The van der Waals surface area contributed by atoms with Crippen LogP contribution in [-0.2, 0) is 9.84 Å². The molecule has 0 spiro atoms. The maximum atomic E-state index is 12.1. The molecule has 0 bridgehead atoms. The summed E-state index contributed by atoms with van der Waals surface area (Å²) in [6.07, 6.45) is 3.31. The minimum absolute atomic E-state index is 0.249. The summed E-state index contributed by atoms with van der Waals surface area (Å²) >= 11 is 1.76. The Bertz CT molecular complexity index is 372. The highest BCUT2D eigenvalue weighted by Gasteiger charge is 2.35. The maximum Gasteiger partial charge on any atom is 0.166 e. The summed E-state index contributed by atoms with van der Waals surface area (Å²) in [7, 11) is -2.95. The standard InChI is InChI=1S/C12H24N2O2S2/c1-2-18(15,16)12-9-17-6-5-14(12)8-10-3-4-11(13)7-10/h10-12H,2-9,13H2,1H3. The predicted molar refractivity (Wildman–Crippen MR) is 77.5 cm³/mol. The summed E-state index contributed by atoms with van der Waals surface area (Å²) in [5.41, 5.74) is 5.94. The summed E-state index contributed by atoms with van der Waals surface area (Å²) < 4.78 is 24.2. The Hall–Kier alpha value is 0.220. The number of rotatable bonds is 4. The molecular formula is C12H24N2O2S2. The summed E-state index contributed by atoms with van der Waals surface area (Å²) in [5, 5.41) is -0.266. The van der Waals surface area contributed by atoms with Crippen LogP contribution >= 0.6 is 11.8 Å². The van der Waals surface area contributed by atoms with E-state index in [1.807, 2.05) is 0 Å². The van der Waals surface area contributed by atoms with E-state index >= 15 is 0 Å². The Kier molecular flexibility index (Phi) is 4.97. The largest absolute Gasteiger partial charge is 0.328 e. The van der Waals surface area contributed by atoms with Gasteiger partial charge in [0, 0.05) is 36.4 Å². The van der Waals surface area contributed by atoms with E-state index in [2.05, 4.69) is 4.90 Å². The molecule has 2 N–H and O–H groups in total. The second-order valence-electron chi connectivity index (χ2n) is 5.42. The minimum atomic E-state index is -2.95. The van der Waals surface area contributed by atoms with Gasteiger partial charge >= 0.3 is 0 Å². The maximum absolute atomic E-state index is 12.1. The molecule has 1 saturated heterocycles. The van der Waals surface area contributed by atoms with Gasteiger partial charge in [-0.1, -0.05) is 6.92 Å². The molecule has 18 heavy (non-hydrogen) atoms. The molecule has 106 valence electrons. The van der Waals surface area contributed by atoms with Crippen LogP contribution in [0, 0.1) is 5.92 Å². The van der Waals surface area contributed by atoms with Gasteiger partial charge in [-0.2, -0.15) is 11.8 Å². The Morgan fingerprint density at radius 1 is 1.39 bits per heavy atom. The monoisotopic (exact) mass is 292 g/mol. The van der Waals surface area contributed by atoms with Crippen molar-refractivity contribution in [2.45, 2.75) is 37.6 Å². The molecule has 0 aromatic carbocycles. The fourth-order valence-corrected chi connectivity index (χ4v) is 6.05. The normalized spacial score (nSPS) is 34.9. The number of nitrogens with zero attached hydrogens (tertiary/aromatic N) is 1. The lowest BCUT2D eigenvalue weighted by Gasteiger charge is -2.36. The van der Waals surface area contributed by atoms with Crippen molar-refractivity contribution in [1.82, 2.24) is 4.90 Å². The van der Waals surface area contributed by atoms with E-state index in [-0.39, 0.29) is 11.1 Å². The molecule has 3 atom stereocenters. The van der Waals surface area contributed by atoms with Gasteiger partial charge in [-0.05, 0) is 25.2 Å². The van der Waals surface area contributed by atoms with Crippen molar-refractivity contribution in [3.05, 3.63) is 0 Å².